The third kappa shape index (κ3) is 2.99. The minimum Gasteiger partial charge on any atom is -0.394 e. The summed E-state index contributed by atoms with van der Waals surface area (Å²) in [5.41, 5.74) is 6.39. The Morgan fingerprint density at radius 3 is 2.62 bits per heavy atom. The molecule has 8 atom stereocenters. The number of hydrogen-bond donors (Lipinski definition) is 2. The van der Waals surface area contributed by atoms with Crippen molar-refractivity contribution in [3.63, 3.8) is 0 Å². The Balaban J connectivity index is 1.81. The van der Waals surface area contributed by atoms with E-state index >= 15 is 0 Å². The highest BCUT2D eigenvalue weighted by atomic mass is 16.8. The van der Waals surface area contributed by atoms with Crippen LogP contribution in [0.5, 0.6) is 0 Å². The number of rotatable bonds is 3. The average Bonchev–Trinajstić information content (AvgIpc) is 2.63. The molecule has 2 unspecified atom stereocenters. The largest absolute Gasteiger partial charge is 0.394 e. The van der Waals surface area contributed by atoms with Crippen LogP contribution in [0.4, 0.5) is 0 Å². The Hall–Kier alpha value is -0.200. The van der Waals surface area contributed by atoms with Crippen molar-refractivity contribution in [2.45, 2.75) is 64.3 Å². The maximum absolute atomic E-state index is 8.99. The Bertz CT molecular complexity index is 353. The Morgan fingerprint density at radius 2 is 1.86 bits per heavy atom. The van der Waals surface area contributed by atoms with Gasteiger partial charge in [0.25, 0.3) is 0 Å². The summed E-state index contributed by atoms with van der Waals surface area (Å²) in [5, 5.41) is 8.99. The van der Waals surface area contributed by atoms with Crippen LogP contribution < -0.4 is 5.73 Å². The van der Waals surface area contributed by atoms with E-state index in [1.165, 1.54) is 0 Å². The van der Waals surface area contributed by atoms with Crippen molar-refractivity contribution in [1.82, 2.24) is 0 Å². The van der Waals surface area contributed by atoms with E-state index in [0.717, 1.165) is 25.7 Å². The molecule has 0 radical (unpaired) electrons. The molecular weight excluding hydrogens is 270 g/mol. The van der Waals surface area contributed by atoms with E-state index in [4.69, 9.17) is 25.1 Å². The Kier molecular flexibility index (Phi) is 4.86. The lowest BCUT2D eigenvalue weighted by molar-refractivity contribution is -0.333. The van der Waals surface area contributed by atoms with Crippen LogP contribution in [-0.4, -0.2) is 43.0 Å². The summed E-state index contributed by atoms with van der Waals surface area (Å²) in [5.74, 6) is 1.76. The van der Waals surface area contributed by atoms with Crippen molar-refractivity contribution >= 4 is 0 Å². The Labute approximate surface area is 127 Å². The predicted octanol–water partition coefficient (Wildman–Crippen LogP) is 1.48. The first kappa shape index (κ1) is 15.7. The molecule has 3 rings (SSSR count). The van der Waals surface area contributed by atoms with E-state index in [2.05, 4.69) is 13.8 Å². The topological polar surface area (TPSA) is 73.9 Å². The van der Waals surface area contributed by atoms with Crippen LogP contribution in [0.1, 0.15) is 39.5 Å². The molecule has 5 nitrogen and oxygen atoms in total. The van der Waals surface area contributed by atoms with Crippen LogP contribution in [0, 0.1) is 23.7 Å². The lowest BCUT2D eigenvalue weighted by atomic mass is 9.63. The number of nitrogens with two attached hydrogens (primary N) is 1. The minimum absolute atomic E-state index is 0.0239. The molecule has 0 aromatic heterocycles. The van der Waals surface area contributed by atoms with Gasteiger partial charge in [0.15, 0.2) is 12.6 Å². The van der Waals surface area contributed by atoms with Gasteiger partial charge in [0.05, 0.1) is 19.3 Å². The van der Waals surface area contributed by atoms with Gasteiger partial charge in [0.1, 0.15) is 0 Å². The van der Waals surface area contributed by atoms with Gasteiger partial charge >= 0.3 is 0 Å². The first-order valence-electron chi connectivity index (χ1n) is 8.40. The summed E-state index contributed by atoms with van der Waals surface area (Å²) in [6.07, 6.45) is 4.13. The summed E-state index contributed by atoms with van der Waals surface area (Å²) in [7, 11) is 0. The molecule has 1 aliphatic carbocycles. The van der Waals surface area contributed by atoms with Gasteiger partial charge in [-0.15, -0.1) is 0 Å². The molecule has 0 bridgehead atoms. The van der Waals surface area contributed by atoms with Crippen molar-refractivity contribution in [3.05, 3.63) is 0 Å². The Morgan fingerprint density at radius 1 is 1.10 bits per heavy atom. The van der Waals surface area contributed by atoms with Crippen molar-refractivity contribution in [3.8, 4) is 0 Å². The molecule has 122 valence electrons. The van der Waals surface area contributed by atoms with E-state index < -0.39 is 0 Å². The number of aliphatic hydroxyl groups is 1. The highest BCUT2D eigenvalue weighted by molar-refractivity contribution is 4.97. The van der Waals surface area contributed by atoms with Crippen LogP contribution in [-0.2, 0) is 14.2 Å². The van der Waals surface area contributed by atoms with Crippen LogP contribution >= 0.6 is 0 Å². The van der Waals surface area contributed by atoms with E-state index in [0.29, 0.717) is 30.3 Å². The molecule has 0 aromatic rings. The second-order valence-electron chi connectivity index (χ2n) is 7.00. The molecule has 21 heavy (non-hydrogen) atoms. The summed E-state index contributed by atoms with van der Waals surface area (Å²) in [4.78, 5) is 0. The zero-order valence-corrected chi connectivity index (χ0v) is 13.1. The average molecular weight is 299 g/mol. The van der Waals surface area contributed by atoms with E-state index in [9.17, 15) is 0 Å². The molecule has 3 N–H and O–H groups in total. The maximum Gasteiger partial charge on any atom is 0.164 e. The van der Waals surface area contributed by atoms with Crippen LogP contribution in [0.15, 0.2) is 0 Å². The number of ether oxygens (including phenoxy) is 3. The lowest BCUT2D eigenvalue weighted by Gasteiger charge is -2.51. The molecule has 3 aliphatic rings. The van der Waals surface area contributed by atoms with Crippen LogP contribution in [0.25, 0.3) is 0 Å². The first-order valence-corrected chi connectivity index (χ1v) is 8.40. The fourth-order valence-corrected chi connectivity index (χ4v) is 4.57. The molecule has 2 aliphatic heterocycles. The zero-order chi connectivity index (χ0) is 15.0. The second-order valence-corrected chi connectivity index (χ2v) is 7.00. The van der Waals surface area contributed by atoms with E-state index in [1.54, 1.807) is 0 Å². The third-order valence-electron chi connectivity index (χ3n) is 5.71. The number of hydrogen-bond acceptors (Lipinski definition) is 5. The minimum atomic E-state index is -0.274. The first-order chi connectivity index (χ1) is 10.1. The van der Waals surface area contributed by atoms with E-state index in [-0.39, 0.29) is 31.3 Å². The summed E-state index contributed by atoms with van der Waals surface area (Å²) in [6, 6.07) is 0.272. The molecule has 5 heteroatoms. The van der Waals surface area contributed by atoms with Gasteiger partial charge in [0.2, 0.25) is 0 Å². The molecule has 2 saturated heterocycles. The van der Waals surface area contributed by atoms with Gasteiger partial charge in [-0.1, -0.05) is 6.92 Å². The quantitative estimate of drug-likeness (QED) is 0.826. The molecule has 3 fully saturated rings. The molecule has 1 saturated carbocycles. The molecule has 0 amide bonds. The van der Waals surface area contributed by atoms with Gasteiger partial charge in [-0.25, -0.2) is 0 Å². The molecular formula is C16H29NO4. The van der Waals surface area contributed by atoms with Gasteiger partial charge < -0.3 is 25.1 Å². The fourth-order valence-electron chi connectivity index (χ4n) is 4.57. The fraction of sp³-hybridized carbons (Fsp3) is 1.00. The standard InChI is InChI=1S/C16H29NO4/c1-9-3-4-12-13(17)6-5-11-10(2)15(19-8-7-18)21-16(20-9)14(11)12/h9-16,18H,3-8,17H2,1-2H3/t9-,10+,11-,12?,13+,14?,15-,16-/m0/s1. The normalized spacial score (nSPS) is 50.3. The highest BCUT2D eigenvalue weighted by Gasteiger charge is 2.52. The van der Waals surface area contributed by atoms with Crippen molar-refractivity contribution in [1.29, 1.82) is 0 Å². The highest BCUT2D eigenvalue weighted by Crippen LogP contribution is 2.50. The summed E-state index contributed by atoms with van der Waals surface area (Å²) < 4.78 is 18.0. The van der Waals surface area contributed by atoms with Gasteiger partial charge in [-0.3, -0.25) is 0 Å². The predicted molar refractivity (Wildman–Crippen MR) is 78.3 cm³/mol. The smallest absolute Gasteiger partial charge is 0.164 e. The molecule has 0 spiro atoms. The summed E-state index contributed by atoms with van der Waals surface area (Å²) >= 11 is 0. The van der Waals surface area contributed by atoms with E-state index in [1.807, 2.05) is 0 Å². The third-order valence-corrected chi connectivity index (χ3v) is 5.71. The van der Waals surface area contributed by atoms with Gasteiger partial charge in [0, 0.05) is 17.9 Å². The zero-order valence-electron chi connectivity index (χ0n) is 13.1. The van der Waals surface area contributed by atoms with Gasteiger partial charge in [-0.2, -0.15) is 0 Å². The van der Waals surface area contributed by atoms with Crippen molar-refractivity contribution in [2.24, 2.45) is 29.4 Å². The second kappa shape index (κ2) is 6.50. The molecule has 2 heterocycles. The summed E-state index contributed by atoms with van der Waals surface area (Å²) in [6.45, 7) is 4.65. The lowest BCUT2D eigenvalue weighted by Crippen LogP contribution is -2.56. The van der Waals surface area contributed by atoms with Crippen molar-refractivity contribution in [2.75, 3.05) is 13.2 Å². The van der Waals surface area contributed by atoms with Crippen LogP contribution in [0.3, 0.4) is 0 Å². The SMILES string of the molecule is C[C@H]1[C@@H](OCCO)O[C@@H]2O[C@@H](C)CCC3C2[C@H]1CC[C@H]3N. The van der Waals surface area contributed by atoms with Crippen LogP contribution in [0.2, 0.25) is 0 Å². The van der Waals surface area contributed by atoms with Gasteiger partial charge in [-0.05, 0) is 44.4 Å². The van der Waals surface area contributed by atoms with Crippen molar-refractivity contribution < 1.29 is 19.3 Å². The molecule has 0 aromatic carbocycles. The maximum atomic E-state index is 8.99. The number of aliphatic hydroxyl groups excluding tert-OH is 1. The monoisotopic (exact) mass is 299 g/mol.